The monoisotopic (exact) mass is 363 g/mol. The molecule has 0 fully saturated rings. The summed E-state index contributed by atoms with van der Waals surface area (Å²) in [4.78, 5) is 15.5. The third-order valence-corrected chi connectivity index (χ3v) is 4.13. The zero-order valence-electron chi connectivity index (χ0n) is 10.7. The molecular formula is C14H10BrN3O2S. The summed E-state index contributed by atoms with van der Waals surface area (Å²) >= 11 is 4.79. The number of aromatic carboxylic acids is 1. The second-order valence-corrected chi connectivity index (χ2v) is 6.17. The number of aromatic nitrogens is 3. The second-order valence-electron chi connectivity index (χ2n) is 4.36. The Balaban J connectivity index is 1.97. The Morgan fingerprint density at radius 1 is 1.43 bits per heavy atom. The van der Waals surface area contributed by atoms with E-state index in [1.807, 2.05) is 24.3 Å². The van der Waals surface area contributed by atoms with E-state index in [2.05, 4.69) is 26.0 Å². The lowest BCUT2D eigenvalue weighted by Gasteiger charge is -2.02. The van der Waals surface area contributed by atoms with Gasteiger partial charge in [0.2, 0.25) is 0 Å². The van der Waals surface area contributed by atoms with Gasteiger partial charge in [-0.05, 0) is 17.7 Å². The fraction of sp³-hybridized carbons (Fsp3) is 0.0714. The maximum Gasteiger partial charge on any atom is 0.339 e. The smallest absolute Gasteiger partial charge is 0.339 e. The molecule has 0 unspecified atom stereocenters. The molecule has 0 aliphatic carbocycles. The number of rotatable bonds is 4. The highest BCUT2D eigenvalue weighted by Gasteiger charge is 2.18. The predicted molar refractivity (Wildman–Crippen MR) is 83.5 cm³/mol. The topological polar surface area (TPSA) is 68.0 Å². The molecule has 0 atom stereocenters. The minimum atomic E-state index is -0.999. The fourth-order valence-electron chi connectivity index (χ4n) is 1.98. The van der Waals surface area contributed by atoms with Crippen LogP contribution in [0.4, 0.5) is 0 Å². The molecule has 0 aliphatic rings. The van der Waals surface area contributed by atoms with Crippen LogP contribution in [-0.2, 0) is 6.54 Å². The molecule has 21 heavy (non-hydrogen) atoms. The van der Waals surface area contributed by atoms with Crippen molar-refractivity contribution in [2.75, 3.05) is 0 Å². The van der Waals surface area contributed by atoms with E-state index >= 15 is 0 Å². The zero-order chi connectivity index (χ0) is 14.8. The molecule has 0 amide bonds. The number of carbonyl (C=O) groups is 1. The summed E-state index contributed by atoms with van der Waals surface area (Å²) in [5.41, 5.74) is 1.61. The third-order valence-electron chi connectivity index (χ3n) is 2.86. The van der Waals surface area contributed by atoms with Gasteiger partial charge in [0.25, 0.3) is 0 Å². The van der Waals surface area contributed by atoms with Crippen LogP contribution < -0.4 is 0 Å². The molecule has 0 bridgehead atoms. The van der Waals surface area contributed by atoms with E-state index in [1.54, 1.807) is 22.5 Å². The van der Waals surface area contributed by atoms with E-state index in [0.29, 0.717) is 17.2 Å². The van der Waals surface area contributed by atoms with Gasteiger partial charge < -0.3 is 5.11 Å². The Labute approximate surface area is 133 Å². The average Bonchev–Trinajstić information content (AvgIpc) is 3.06. The van der Waals surface area contributed by atoms with Gasteiger partial charge in [0, 0.05) is 22.2 Å². The van der Waals surface area contributed by atoms with Gasteiger partial charge in [-0.25, -0.2) is 9.78 Å². The number of hydrogen-bond donors (Lipinski definition) is 1. The number of hydrogen-bond acceptors (Lipinski definition) is 4. The molecule has 106 valence electrons. The molecule has 5 nitrogen and oxygen atoms in total. The Morgan fingerprint density at radius 3 is 2.95 bits per heavy atom. The van der Waals surface area contributed by atoms with Crippen LogP contribution in [-0.4, -0.2) is 25.8 Å². The van der Waals surface area contributed by atoms with Gasteiger partial charge in [0.15, 0.2) is 0 Å². The second kappa shape index (κ2) is 5.79. The maximum absolute atomic E-state index is 11.4. The van der Waals surface area contributed by atoms with Crippen LogP contribution in [0.2, 0.25) is 0 Å². The van der Waals surface area contributed by atoms with Crippen molar-refractivity contribution in [2.24, 2.45) is 0 Å². The number of halogens is 1. The van der Waals surface area contributed by atoms with Gasteiger partial charge in [-0.3, -0.25) is 4.68 Å². The Morgan fingerprint density at radius 2 is 2.29 bits per heavy atom. The number of carboxylic acid groups (broad SMARTS) is 1. The largest absolute Gasteiger partial charge is 0.478 e. The van der Waals surface area contributed by atoms with Crippen LogP contribution in [0.5, 0.6) is 0 Å². The highest BCUT2D eigenvalue weighted by Crippen LogP contribution is 2.24. The summed E-state index contributed by atoms with van der Waals surface area (Å²) in [6, 6.07) is 7.82. The van der Waals surface area contributed by atoms with Crippen LogP contribution >= 0.6 is 27.3 Å². The molecule has 0 saturated carbocycles. The average molecular weight is 364 g/mol. The van der Waals surface area contributed by atoms with E-state index < -0.39 is 5.97 Å². The van der Waals surface area contributed by atoms with Gasteiger partial charge in [-0.2, -0.15) is 5.10 Å². The summed E-state index contributed by atoms with van der Waals surface area (Å²) in [6.45, 7) is 0.505. The van der Waals surface area contributed by atoms with Gasteiger partial charge >= 0.3 is 5.97 Å². The van der Waals surface area contributed by atoms with Crippen LogP contribution in [0.3, 0.4) is 0 Å². The molecule has 0 radical (unpaired) electrons. The van der Waals surface area contributed by atoms with Crippen molar-refractivity contribution in [2.45, 2.75) is 6.54 Å². The van der Waals surface area contributed by atoms with E-state index in [9.17, 15) is 9.90 Å². The predicted octanol–water partition coefficient (Wildman–Crippen LogP) is 3.52. The van der Waals surface area contributed by atoms with Crippen molar-refractivity contribution in [1.82, 2.24) is 14.8 Å². The number of thiazole rings is 1. The van der Waals surface area contributed by atoms with Crippen LogP contribution in [0.1, 0.15) is 15.9 Å². The van der Waals surface area contributed by atoms with Gasteiger partial charge in [0.1, 0.15) is 16.3 Å². The van der Waals surface area contributed by atoms with Crippen LogP contribution in [0, 0.1) is 0 Å². The molecule has 3 aromatic rings. The molecule has 3 rings (SSSR count). The lowest BCUT2D eigenvalue weighted by Crippen LogP contribution is -2.00. The van der Waals surface area contributed by atoms with Crippen LogP contribution in [0.15, 0.2) is 46.5 Å². The summed E-state index contributed by atoms with van der Waals surface area (Å²) in [5.74, 6) is -0.999. The first-order chi connectivity index (χ1) is 10.1. The Kier molecular flexibility index (Phi) is 3.85. The van der Waals surface area contributed by atoms with Crippen molar-refractivity contribution >= 4 is 33.2 Å². The standard InChI is InChI=1S/C14H10BrN3O2S/c15-10-3-1-2-9(6-10)7-18-8-11(14(19)20)12(17-18)13-16-4-5-21-13/h1-6,8H,7H2,(H,19,20). The Bertz CT molecular complexity index is 783. The normalized spacial score (nSPS) is 10.7. The molecule has 0 spiro atoms. The molecular weight excluding hydrogens is 354 g/mol. The highest BCUT2D eigenvalue weighted by atomic mass is 79.9. The van der Waals surface area contributed by atoms with E-state index in [0.717, 1.165) is 10.0 Å². The summed E-state index contributed by atoms with van der Waals surface area (Å²) in [5, 5.41) is 16.1. The van der Waals surface area contributed by atoms with E-state index in [1.165, 1.54) is 11.3 Å². The highest BCUT2D eigenvalue weighted by molar-refractivity contribution is 9.10. The maximum atomic E-state index is 11.4. The minimum absolute atomic E-state index is 0.167. The van der Waals surface area contributed by atoms with E-state index in [4.69, 9.17) is 0 Å². The molecule has 1 aromatic carbocycles. The molecule has 0 saturated heterocycles. The Hall–Kier alpha value is -1.99. The van der Waals surface area contributed by atoms with Crippen molar-refractivity contribution in [1.29, 1.82) is 0 Å². The quantitative estimate of drug-likeness (QED) is 0.769. The lowest BCUT2D eigenvalue weighted by atomic mass is 10.2. The fourth-order valence-corrected chi connectivity index (χ4v) is 3.06. The number of nitrogens with zero attached hydrogens (tertiary/aromatic N) is 3. The van der Waals surface area contributed by atoms with E-state index in [-0.39, 0.29) is 5.56 Å². The van der Waals surface area contributed by atoms with Gasteiger partial charge in [-0.1, -0.05) is 28.1 Å². The third kappa shape index (κ3) is 3.03. The first kappa shape index (κ1) is 14.0. The summed E-state index contributed by atoms with van der Waals surface area (Å²) < 4.78 is 2.60. The van der Waals surface area contributed by atoms with Gasteiger partial charge in [0.05, 0.1) is 6.54 Å². The molecule has 2 heterocycles. The zero-order valence-corrected chi connectivity index (χ0v) is 13.1. The first-order valence-corrected chi connectivity index (χ1v) is 7.76. The molecule has 1 N–H and O–H groups in total. The minimum Gasteiger partial charge on any atom is -0.478 e. The summed E-state index contributed by atoms with van der Waals surface area (Å²) in [6.07, 6.45) is 3.18. The van der Waals surface area contributed by atoms with Gasteiger partial charge in [-0.15, -0.1) is 11.3 Å². The van der Waals surface area contributed by atoms with Crippen molar-refractivity contribution in [3.63, 3.8) is 0 Å². The lowest BCUT2D eigenvalue weighted by molar-refractivity contribution is 0.0697. The SMILES string of the molecule is O=C(O)c1cn(Cc2cccc(Br)c2)nc1-c1nccs1. The number of benzene rings is 1. The molecule has 2 aromatic heterocycles. The summed E-state index contributed by atoms with van der Waals surface area (Å²) in [7, 11) is 0. The van der Waals surface area contributed by atoms with Crippen molar-refractivity contribution < 1.29 is 9.90 Å². The number of carboxylic acids is 1. The van der Waals surface area contributed by atoms with Crippen molar-refractivity contribution in [3.05, 3.63) is 57.6 Å². The molecule has 0 aliphatic heterocycles. The molecule has 7 heteroatoms. The van der Waals surface area contributed by atoms with Crippen molar-refractivity contribution in [3.8, 4) is 10.7 Å². The first-order valence-electron chi connectivity index (χ1n) is 6.08. The van der Waals surface area contributed by atoms with Crippen LogP contribution in [0.25, 0.3) is 10.7 Å².